The lowest BCUT2D eigenvalue weighted by molar-refractivity contribution is 0.174. The Morgan fingerprint density at radius 1 is 0.970 bits per heavy atom. The molecule has 0 aliphatic carbocycles. The number of pyridine rings is 1. The first-order valence-electron chi connectivity index (χ1n) is 10.7. The van der Waals surface area contributed by atoms with E-state index in [1.54, 1.807) is 4.90 Å². The third-order valence-electron chi connectivity index (χ3n) is 5.65. The van der Waals surface area contributed by atoms with Gasteiger partial charge in [-0.05, 0) is 53.8 Å². The normalized spacial score (nSPS) is 12.0. The topological polar surface area (TPSA) is 83.7 Å². The van der Waals surface area contributed by atoms with Gasteiger partial charge in [0.1, 0.15) is 0 Å². The van der Waals surface area contributed by atoms with Crippen molar-refractivity contribution in [1.29, 1.82) is 0 Å². The van der Waals surface area contributed by atoms with Gasteiger partial charge in [-0.1, -0.05) is 42.5 Å². The molecule has 166 valence electrons. The highest BCUT2D eigenvalue weighted by Gasteiger charge is 2.20. The predicted molar refractivity (Wildman–Crippen MR) is 127 cm³/mol. The van der Waals surface area contributed by atoms with E-state index in [-0.39, 0.29) is 24.9 Å². The van der Waals surface area contributed by atoms with Crippen LogP contribution >= 0.6 is 0 Å². The van der Waals surface area contributed by atoms with Crippen molar-refractivity contribution < 1.29 is 14.3 Å². The molecule has 2 amide bonds. The molecule has 0 atom stereocenters. The number of carbonyl (C=O) groups excluding carboxylic acids is 1. The molecule has 1 aliphatic heterocycles. The standard InChI is InChI=1S/C26H23N3O4/c1-17-6-5-7-19-13-20(25(30)28-24(17)19)15-29(26(31)27-21-8-3-2-4-9-21)14-18-10-11-22-23(12-18)33-16-32-22/h2-13H,14-16H2,1H3,(H,27,31)(H,28,30). The number of aryl methyl sites for hydroxylation is 1. The number of aromatic amines is 1. The molecule has 1 aromatic heterocycles. The predicted octanol–water partition coefficient (Wildman–Crippen LogP) is 4.80. The van der Waals surface area contributed by atoms with Gasteiger partial charge in [0.15, 0.2) is 11.5 Å². The van der Waals surface area contributed by atoms with E-state index < -0.39 is 0 Å². The van der Waals surface area contributed by atoms with E-state index in [9.17, 15) is 9.59 Å². The lowest BCUT2D eigenvalue weighted by Crippen LogP contribution is -2.35. The third kappa shape index (κ3) is 4.39. The lowest BCUT2D eigenvalue weighted by atomic mass is 10.1. The molecule has 0 radical (unpaired) electrons. The number of carbonyl (C=O) groups is 1. The number of amides is 2. The highest BCUT2D eigenvalue weighted by Crippen LogP contribution is 2.33. The molecule has 0 fully saturated rings. The molecule has 1 aliphatic rings. The van der Waals surface area contributed by atoms with Crippen molar-refractivity contribution in [2.24, 2.45) is 0 Å². The second-order valence-corrected chi connectivity index (χ2v) is 8.00. The Kier molecular flexibility index (Phi) is 5.44. The summed E-state index contributed by atoms with van der Waals surface area (Å²) in [5, 5.41) is 3.85. The van der Waals surface area contributed by atoms with E-state index in [4.69, 9.17) is 9.47 Å². The van der Waals surface area contributed by atoms with Gasteiger partial charge in [-0.25, -0.2) is 4.79 Å². The van der Waals surface area contributed by atoms with Crippen LogP contribution in [-0.4, -0.2) is 22.7 Å². The smallest absolute Gasteiger partial charge is 0.322 e. The first-order valence-corrected chi connectivity index (χ1v) is 10.7. The zero-order chi connectivity index (χ0) is 22.8. The Bertz CT molecular complexity index is 1380. The van der Waals surface area contributed by atoms with E-state index in [1.165, 1.54) is 0 Å². The molecule has 0 saturated carbocycles. The second-order valence-electron chi connectivity index (χ2n) is 8.00. The molecule has 2 heterocycles. The Balaban J connectivity index is 1.46. The van der Waals surface area contributed by atoms with Gasteiger partial charge in [-0.15, -0.1) is 0 Å². The fourth-order valence-electron chi connectivity index (χ4n) is 3.93. The zero-order valence-corrected chi connectivity index (χ0v) is 18.1. The first-order chi connectivity index (χ1) is 16.1. The minimum absolute atomic E-state index is 0.145. The van der Waals surface area contributed by atoms with Gasteiger partial charge < -0.3 is 24.7 Å². The summed E-state index contributed by atoms with van der Waals surface area (Å²) >= 11 is 0. The fraction of sp³-hybridized carbons (Fsp3) is 0.154. The molecule has 0 spiro atoms. The molecule has 33 heavy (non-hydrogen) atoms. The number of rotatable bonds is 5. The Morgan fingerprint density at radius 3 is 2.64 bits per heavy atom. The van der Waals surface area contributed by atoms with Crippen LogP contribution in [0, 0.1) is 6.92 Å². The SMILES string of the molecule is Cc1cccc2cc(CN(Cc3ccc4c(c3)OCO4)C(=O)Nc3ccccc3)c(=O)[nH]c12. The third-order valence-corrected chi connectivity index (χ3v) is 5.65. The van der Waals surface area contributed by atoms with Crippen molar-refractivity contribution >= 4 is 22.6 Å². The largest absolute Gasteiger partial charge is 0.454 e. The molecule has 3 aromatic carbocycles. The van der Waals surface area contributed by atoms with Crippen LogP contribution in [0.4, 0.5) is 10.5 Å². The fourth-order valence-corrected chi connectivity index (χ4v) is 3.93. The molecule has 0 saturated heterocycles. The van der Waals surface area contributed by atoms with Gasteiger partial charge in [0.25, 0.3) is 5.56 Å². The average Bonchev–Trinajstić information content (AvgIpc) is 3.28. The molecule has 7 heteroatoms. The van der Waals surface area contributed by atoms with E-state index in [0.717, 1.165) is 22.0 Å². The number of benzene rings is 3. The summed E-state index contributed by atoms with van der Waals surface area (Å²) < 4.78 is 10.9. The van der Waals surface area contributed by atoms with Crippen LogP contribution in [0.25, 0.3) is 10.9 Å². The molecular formula is C26H23N3O4. The van der Waals surface area contributed by atoms with Gasteiger partial charge in [0, 0.05) is 17.8 Å². The number of hydrogen-bond donors (Lipinski definition) is 2. The maximum absolute atomic E-state index is 13.2. The van der Waals surface area contributed by atoms with Crippen molar-refractivity contribution in [3.05, 3.63) is 99.8 Å². The van der Waals surface area contributed by atoms with Crippen LogP contribution in [-0.2, 0) is 13.1 Å². The summed E-state index contributed by atoms with van der Waals surface area (Å²) in [6.07, 6.45) is 0. The molecule has 4 aromatic rings. The zero-order valence-electron chi connectivity index (χ0n) is 18.1. The molecule has 2 N–H and O–H groups in total. The summed E-state index contributed by atoms with van der Waals surface area (Å²) in [6.45, 7) is 2.58. The number of ether oxygens (including phenoxy) is 2. The van der Waals surface area contributed by atoms with E-state index in [2.05, 4.69) is 10.3 Å². The van der Waals surface area contributed by atoms with Crippen LogP contribution in [0.1, 0.15) is 16.7 Å². The quantitative estimate of drug-likeness (QED) is 0.466. The van der Waals surface area contributed by atoms with E-state index in [1.807, 2.05) is 79.7 Å². The van der Waals surface area contributed by atoms with Crippen molar-refractivity contribution in [1.82, 2.24) is 9.88 Å². The van der Waals surface area contributed by atoms with Crippen LogP contribution in [0.5, 0.6) is 11.5 Å². The van der Waals surface area contributed by atoms with Crippen molar-refractivity contribution in [3.63, 3.8) is 0 Å². The number of aromatic nitrogens is 1. The Hall–Kier alpha value is -4.26. The number of nitrogens with zero attached hydrogens (tertiary/aromatic N) is 1. The Morgan fingerprint density at radius 2 is 1.79 bits per heavy atom. The van der Waals surface area contributed by atoms with Crippen LogP contribution in [0.15, 0.2) is 77.6 Å². The summed E-state index contributed by atoms with van der Waals surface area (Å²) in [5.41, 5.74) is 3.66. The van der Waals surface area contributed by atoms with E-state index in [0.29, 0.717) is 29.3 Å². The molecular weight excluding hydrogens is 418 g/mol. The van der Waals surface area contributed by atoms with Crippen LogP contribution in [0.3, 0.4) is 0 Å². The summed E-state index contributed by atoms with van der Waals surface area (Å²) in [7, 11) is 0. The maximum Gasteiger partial charge on any atom is 0.322 e. The van der Waals surface area contributed by atoms with Crippen molar-refractivity contribution in [2.45, 2.75) is 20.0 Å². The maximum atomic E-state index is 13.2. The van der Waals surface area contributed by atoms with Crippen molar-refractivity contribution in [2.75, 3.05) is 12.1 Å². The van der Waals surface area contributed by atoms with Gasteiger partial charge in [0.05, 0.1) is 12.1 Å². The monoisotopic (exact) mass is 441 g/mol. The first kappa shape index (κ1) is 20.6. The highest BCUT2D eigenvalue weighted by atomic mass is 16.7. The second kappa shape index (κ2) is 8.70. The van der Waals surface area contributed by atoms with Crippen LogP contribution in [0.2, 0.25) is 0 Å². The van der Waals surface area contributed by atoms with Crippen LogP contribution < -0.4 is 20.3 Å². The number of hydrogen-bond acceptors (Lipinski definition) is 4. The average molecular weight is 441 g/mol. The molecule has 7 nitrogen and oxygen atoms in total. The Labute approximate surface area is 190 Å². The summed E-state index contributed by atoms with van der Waals surface area (Å²) in [5.74, 6) is 1.33. The molecule has 0 bridgehead atoms. The number of para-hydroxylation sites is 2. The van der Waals surface area contributed by atoms with Gasteiger partial charge in [0.2, 0.25) is 6.79 Å². The van der Waals surface area contributed by atoms with Crippen molar-refractivity contribution in [3.8, 4) is 11.5 Å². The minimum Gasteiger partial charge on any atom is -0.454 e. The number of H-pyrrole nitrogens is 1. The number of urea groups is 1. The number of anilines is 1. The highest BCUT2D eigenvalue weighted by molar-refractivity contribution is 5.89. The molecule has 5 rings (SSSR count). The molecule has 0 unspecified atom stereocenters. The number of nitrogens with one attached hydrogen (secondary N) is 2. The summed E-state index contributed by atoms with van der Waals surface area (Å²) in [6, 6.07) is 22.2. The van der Waals surface area contributed by atoms with Gasteiger partial charge in [-0.2, -0.15) is 0 Å². The van der Waals surface area contributed by atoms with Gasteiger partial charge in [-0.3, -0.25) is 4.79 Å². The summed E-state index contributed by atoms with van der Waals surface area (Å²) in [4.78, 5) is 30.7. The van der Waals surface area contributed by atoms with Gasteiger partial charge >= 0.3 is 6.03 Å². The number of fused-ring (bicyclic) bond motifs is 2. The van der Waals surface area contributed by atoms with E-state index >= 15 is 0 Å². The lowest BCUT2D eigenvalue weighted by Gasteiger charge is -2.23. The minimum atomic E-state index is -0.303.